The molecule has 2 unspecified atom stereocenters. The predicted molar refractivity (Wildman–Crippen MR) is 112 cm³/mol. The minimum atomic E-state index is -0.898. The zero-order valence-electron chi connectivity index (χ0n) is 17.0. The fourth-order valence-electron chi connectivity index (χ4n) is 4.86. The number of piperidine rings is 1. The number of nitrogens with zero attached hydrogens (tertiary/aromatic N) is 1. The molecule has 27 heavy (non-hydrogen) atoms. The van der Waals surface area contributed by atoms with Crippen molar-refractivity contribution in [2.24, 2.45) is 17.8 Å². The molecule has 1 saturated heterocycles. The molecule has 0 spiro atoms. The molecule has 5 heteroatoms. The van der Waals surface area contributed by atoms with Gasteiger partial charge in [0.25, 0.3) is 0 Å². The second-order valence-corrected chi connectivity index (χ2v) is 8.90. The van der Waals surface area contributed by atoms with Gasteiger partial charge in [-0.15, -0.1) is 0 Å². The first kappa shape index (κ1) is 19.8. The van der Waals surface area contributed by atoms with Gasteiger partial charge in [-0.3, -0.25) is 0 Å². The second-order valence-electron chi connectivity index (χ2n) is 8.90. The molecule has 3 rings (SSSR count). The van der Waals surface area contributed by atoms with Gasteiger partial charge in [-0.1, -0.05) is 13.8 Å². The summed E-state index contributed by atoms with van der Waals surface area (Å²) in [6, 6.07) is 6.94. The van der Waals surface area contributed by atoms with Crippen molar-refractivity contribution in [1.82, 2.24) is 5.32 Å². The highest BCUT2D eigenvalue weighted by atomic mass is 16.4. The summed E-state index contributed by atoms with van der Waals surface area (Å²) in [5.74, 6) is 2.15. The van der Waals surface area contributed by atoms with E-state index in [2.05, 4.69) is 54.5 Å². The number of carbonyl (C=O) groups is 1. The summed E-state index contributed by atoms with van der Waals surface area (Å²) in [6.45, 7) is 10.2. The van der Waals surface area contributed by atoms with Gasteiger partial charge in [0.15, 0.2) is 0 Å². The highest BCUT2D eigenvalue weighted by Gasteiger charge is 2.23. The number of rotatable bonds is 5. The Kier molecular flexibility index (Phi) is 6.51. The van der Waals surface area contributed by atoms with Gasteiger partial charge in [0, 0.05) is 37.1 Å². The molecule has 1 aliphatic heterocycles. The van der Waals surface area contributed by atoms with Gasteiger partial charge in [-0.2, -0.15) is 0 Å². The van der Waals surface area contributed by atoms with Crippen molar-refractivity contribution in [3.8, 4) is 0 Å². The van der Waals surface area contributed by atoms with Crippen LogP contribution in [0.1, 0.15) is 51.5 Å². The van der Waals surface area contributed by atoms with E-state index >= 15 is 0 Å². The van der Waals surface area contributed by atoms with E-state index in [-0.39, 0.29) is 6.04 Å². The minimum absolute atomic E-state index is 0.133. The van der Waals surface area contributed by atoms with Crippen LogP contribution in [-0.4, -0.2) is 36.9 Å². The molecule has 5 nitrogen and oxygen atoms in total. The van der Waals surface area contributed by atoms with E-state index in [0.717, 1.165) is 57.2 Å². The van der Waals surface area contributed by atoms with Crippen LogP contribution in [-0.2, 0) is 0 Å². The maximum atomic E-state index is 10.7. The van der Waals surface area contributed by atoms with Crippen LogP contribution in [0.3, 0.4) is 0 Å². The molecule has 1 amide bonds. The van der Waals surface area contributed by atoms with Crippen LogP contribution in [0, 0.1) is 24.7 Å². The van der Waals surface area contributed by atoms with Gasteiger partial charge in [-0.25, -0.2) is 4.79 Å². The monoisotopic (exact) mass is 373 g/mol. The maximum Gasteiger partial charge on any atom is 0.404 e. The molecule has 1 aromatic carbocycles. The molecular formula is C22H35N3O2. The molecule has 2 atom stereocenters. The van der Waals surface area contributed by atoms with Gasteiger partial charge >= 0.3 is 6.09 Å². The predicted octanol–water partition coefficient (Wildman–Crippen LogP) is 4.72. The lowest BCUT2D eigenvalue weighted by Gasteiger charge is -2.37. The van der Waals surface area contributed by atoms with Crippen LogP contribution in [0.25, 0.3) is 0 Å². The average molecular weight is 374 g/mol. The third-order valence-corrected chi connectivity index (χ3v) is 6.20. The SMILES string of the molecule is Cc1cc(N2CC(C)CC(C)C2)ccc1NCC1CCC(NC(=O)O)CC1. The smallest absolute Gasteiger partial charge is 0.404 e. The van der Waals surface area contributed by atoms with Gasteiger partial charge in [0.2, 0.25) is 0 Å². The Morgan fingerprint density at radius 1 is 1.15 bits per heavy atom. The van der Waals surface area contributed by atoms with Crippen molar-refractivity contribution in [2.75, 3.05) is 29.9 Å². The summed E-state index contributed by atoms with van der Waals surface area (Å²) in [7, 11) is 0. The number of carboxylic acid groups (broad SMARTS) is 1. The van der Waals surface area contributed by atoms with Crippen LogP contribution in [0.2, 0.25) is 0 Å². The van der Waals surface area contributed by atoms with Crippen LogP contribution in [0.15, 0.2) is 18.2 Å². The van der Waals surface area contributed by atoms with Crippen molar-refractivity contribution in [3.05, 3.63) is 23.8 Å². The number of nitrogens with one attached hydrogen (secondary N) is 2. The highest BCUT2D eigenvalue weighted by molar-refractivity contribution is 5.64. The van der Waals surface area contributed by atoms with Crippen molar-refractivity contribution >= 4 is 17.5 Å². The van der Waals surface area contributed by atoms with Crippen LogP contribution in [0.4, 0.5) is 16.2 Å². The summed E-state index contributed by atoms with van der Waals surface area (Å²) in [6.07, 6.45) is 4.49. The standard InChI is InChI=1S/C22H35N3O2/c1-15-10-16(2)14-25(13-15)20-8-9-21(17(3)11-20)23-12-18-4-6-19(7-5-18)24-22(26)27/h8-9,11,15-16,18-19,23-24H,4-7,10,12-14H2,1-3H3,(H,26,27). The molecule has 1 aliphatic carbocycles. The van der Waals surface area contributed by atoms with Crippen LogP contribution in [0.5, 0.6) is 0 Å². The molecular weight excluding hydrogens is 338 g/mol. The second kappa shape index (κ2) is 8.85. The molecule has 1 aromatic rings. The number of benzene rings is 1. The van der Waals surface area contributed by atoms with Crippen LogP contribution >= 0.6 is 0 Å². The van der Waals surface area contributed by atoms with Crippen molar-refractivity contribution in [3.63, 3.8) is 0 Å². The number of anilines is 2. The third-order valence-electron chi connectivity index (χ3n) is 6.20. The third kappa shape index (κ3) is 5.53. The summed E-state index contributed by atoms with van der Waals surface area (Å²) in [5, 5.41) is 15.1. The first-order chi connectivity index (χ1) is 12.9. The zero-order valence-corrected chi connectivity index (χ0v) is 17.0. The van der Waals surface area contributed by atoms with Crippen molar-refractivity contribution in [1.29, 1.82) is 0 Å². The fourth-order valence-corrected chi connectivity index (χ4v) is 4.86. The summed E-state index contributed by atoms with van der Waals surface area (Å²) in [4.78, 5) is 13.3. The topological polar surface area (TPSA) is 64.6 Å². The maximum absolute atomic E-state index is 10.7. The van der Waals surface area contributed by atoms with Gasteiger partial charge in [-0.05, 0) is 80.5 Å². The Labute approximate surface area is 163 Å². The summed E-state index contributed by atoms with van der Waals surface area (Å²) in [5.41, 5.74) is 3.87. The van der Waals surface area contributed by atoms with E-state index in [0.29, 0.717) is 5.92 Å². The Bertz CT molecular complexity index is 630. The molecule has 2 fully saturated rings. The number of amides is 1. The Balaban J connectivity index is 1.51. The molecule has 0 radical (unpaired) electrons. The largest absolute Gasteiger partial charge is 0.465 e. The molecule has 0 bridgehead atoms. The lowest BCUT2D eigenvalue weighted by Crippen LogP contribution is -2.38. The average Bonchev–Trinajstić information content (AvgIpc) is 2.60. The van der Waals surface area contributed by atoms with Gasteiger partial charge < -0.3 is 20.6 Å². The Morgan fingerprint density at radius 2 is 1.81 bits per heavy atom. The fraction of sp³-hybridized carbons (Fsp3) is 0.682. The molecule has 2 aliphatic rings. The summed E-state index contributed by atoms with van der Waals surface area (Å²) < 4.78 is 0. The number of aryl methyl sites for hydroxylation is 1. The van der Waals surface area contributed by atoms with E-state index in [1.807, 2.05) is 0 Å². The zero-order chi connectivity index (χ0) is 19.4. The lowest BCUT2D eigenvalue weighted by atomic mass is 9.86. The molecule has 0 aromatic heterocycles. The minimum Gasteiger partial charge on any atom is -0.465 e. The van der Waals surface area contributed by atoms with Crippen molar-refractivity contribution in [2.45, 2.75) is 58.9 Å². The Morgan fingerprint density at radius 3 is 2.41 bits per heavy atom. The molecule has 1 saturated carbocycles. The van der Waals surface area contributed by atoms with Crippen molar-refractivity contribution < 1.29 is 9.90 Å². The first-order valence-corrected chi connectivity index (χ1v) is 10.5. The van der Waals surface area contributed by atoms with E-state index in [1.54, 1.807) is 0 Å². The van der Waals surface area contributed by atoms with E-state index in [1.165, 1.54) is 23.4 Å². The van der Waals surface area contributed by atoms with E-state index < -0.39 is 6.09 Å². The van der Waals surface area contributed by atoms with Crippen LogP contribution < -0.4 is 15.5 Å². The lowest BCUT2D eigenvalue weighted by molar-refractivity contribution is 0.183. The molecule has 150 valence electrons. The summed E-state index contributed by atoms with van der Waals surface area (Å²) >= 11 is 0. The Hall–Kier alpha value is -1.91. The first-order valence-electron chi connectivity index (χ1n) is 10.5. The highest BCUT2D eigenvalue weighted by Crippen LogP contribution is 2.30. The molecule has 3 N–H and O–H groups in total. The molecule has 1 heterocycles. The van der Waals surface area contributed by atoms with Gasteiger partial charge in [0.1, 0.15) is 0 Å². The quantitative estimate of drug-likeness (QED) is 0.699. The van der Waals surface area contributed by atoms with E-state index in [4.69, 9.17) is 5.11 Å². The number of hydrogen-bond acceptors (Lipinski definition) is 3. The van der Waals surface area contributed by atoms with Gasteiger partial charge in [0.05, 0.1) is 0 Å². The van der Waals surface area contributed by atoms with E-state index in [9.17, 15) is 4.79 Å². The number of hydrogen-bond donors (Lipinski definition) is 3. The normalized spacial score (nSPS) is 28.6.